The fourth-order valence-corrected chi connectivity index (χ4v) is 1.70. The molecule has 1 aromatic rings. The second-order valence-electron chi connectivity index (χ2n) is 3.66. The summed E-state index contributed by atoms with van der Waals surface area (Å²) in [7, 11) is 0. The molecule has 0 aromatic heterocycles. The molecule has 1 saturated heterocycles. The number of carbonyl (C=O) groups is 1. The van der Waals surface area contributed by atoms with Gasteiger partial charge in [0.1, 0.15) is 0 Å². The molecule has 0 amide bonds. The smallest absolute Gasteiger partial charge is 0.328 e. The minimum absolute atomic E-state index is 0.527. The molecule has 1 fully saturated rings. The summed E-state index contributed by atoms with van der Waals surface area (Å²) < 4.78 is 0. The summed E-state index contributed by atoms with van der Waals surface area (Å²) in [5, 5.41) is 11.8. The van der Waals surface area contributed by atoms with Crippen LogP contribution >= 0.6 is 0 Å². The Morgan fingerprint density at radius 1 is 1.40 bits per heavy atom. The van der Waals surface area contributed by atoms with E-state index in [1.54, 1.807) is 6.08 Å². The van der Waals surface area contributed by atoms with Gasteiger partial charge in [-0.2, -0.15) is 0 Å². The molecular weight excluding hydrogens is 190 g/mol. The number of aliphatic carboxylic acids is 1. The molecule has 0 aliphatic carbocycles. The van der Waals surface area contributed by atoms with Crippen molar-refractivity contribution < 1.29 is 9.90 Å². The first-order valence-corrected chi connectivity index (χ1v) is 4.98. The Kier molecular flexibility index (Phi) is 2.83. The molecule has 78 valence electrons. The number of hydrogen-bond acceptors (Lipinski definition) is 2. The standard InChI is InChI=1S/C12H13NO2/c14-12(15)6-5-9-3-1-2-4-11(9)10-7-13-8-10/h1-6,10,13H,7-8H2,(H,14,15)/b6-5+. The third-order valence-corrected chi connectivity index (χ3v) is 2.62. The number of nitrogens with one attached hydrogen (secondary N) is 1. The van der Waals surface area contributed by atoms with Gasteiger partial charge in [0.25, 0.3) is 0 Å². The van der Waals surface area contributed by atoms with Crippen LogP contribution in [-0.4, -0.2) is 24.2 Å². The quantitative estimate of drug-likeness (QED) is 0.731. The monoisotopic (exact) mass is 203 g/mol. The Bertz CT molecular complexity index is 394. The van der Waals surface area contributed by atoms with Crippen molar-refractivity contribution in [1.29, 1.82) is 0 Å². The van der Waals surface area contributed by atoms with Crippen LogP contribution in [0.15, 0.2) is 30.3 Å². The van der Waals surface area contributed by atoms with Gasteiger partial charge in [-0.05, 0) is 17.2 Å². The number of rotatable bonds is 3. The molecule has 0 bridgehead atoms. The summed E-state index contributed by atoms with van der Waals surface area (Å²) in [6.45, 7) is 1.97. The summed E-state index contributed by atoms with van der Waals surface area (Å²) in [6.07, 6.45) is 2.85. The Hall–Kier alpha value is -1.61. The lowest BCUT2D eigenvalue weighted by Gasteiger charge is -2.28. The van der Waals surface area contributed by atoms with Crippen LogP contribution in [0.4, 0.5) is 0 Å². The van der Waals surface area contributed by atoms with Crippen molar-refractivity contribution in [1.82, 2.24) is 5.32 Å². The van der Waals surface area contributed by atoms with Gasteiger partial charge in [0.15, 0.2) is 0 Å². The molecule has 1 heterocycles. The SMILES string of the molecule is O=C(O)/C=C/c1ccccc1C1CNC1. The predicted octanol–water partition coefficient (Wildman–Crippen LogP) is 1.47. The van der Waals surface area contributed by atoms with E-state index in [0.717, 1.165) is 18.7 Å². The summed E-state index contributed by atoms with van der Waals surface area (Å²) in [5.74, 6) is -0.379. The molecule has 0 spiro atoms. The van der Waals surface area contributed by atoms with Gasteiger partial charge in [-0.3, -0.25) is 0 Å². The summed E-state index contributed by atoms with van der Waals surface area (Å²) >= 11 is 0. The van der Waals surface area contributed by atoms with E-state index in [4.69, 9.17) is 5.11 Å². The first-order chi connectivity index (χ1) is 7.27. The normalized spacial score (nSPS) is 16.5. The van der Waals surface area contributed by atoms with Crippen molar-refractivity contribution >= 4 is 12.0 Å². The molecule has 1 aromatic carbocycles. The molecule has 0 atom stereocenters. The predicted molar refractivity (Wildman–Crippen MR) is 58.7 cm³/mol. The largest absolute Gasteiger partial charge is 0.478 e. The molecule has 2 N–H and O–H groups in total. The van der Waals surface area contributed by atoms with E-state index in [1.165, 1.54) is 11.6 Å². The zero-order valence-electron chi connectivity index (χ0n) is 8.31. The summed E-state index contributed by atoms with van der Waals surface area (Å²) in [6, 6.07) is 7.93. The molecule has 3 heteroatoms. The Labute approximate surface area is 88.4 Å². The van der Waals surface area contributed by atoms with Crippen molar-refractivity contribution in [3.8, 4) is 0 Å². The van der Waals surface area contributed by atoms with E-state index in [-0.39, 0.29) is 0 Å². The van der Waals surface area contributed by atoms with Crippen molar-refractivity contribution in [2.75, 3.05) is 13.1 Å². The zero-order valence-corrected chi connectivity index (χ0v) is 8.31. The highest BCUT2D eigenvalue weighted by atomic mass is 16.4. The molecule has 1 aliphatic heterocycles. The van der Waals surface area contributed by atoms with Gasteiger partial charge in [0.05, 0.1) is 0 Å². The topological polar surface area (TPSA) is 49.3 Å². The molecule has 2 rings (SSSR count). The first kappa shape index (κ1) is 9.93. The lowest BCUT2D eigenvalue weighted by Crippen LogP contribution is -2.40. The number of carboxylic acid groups (broad SMARTS) is 1. The van der Waals surface area contributed by atoms with E-state index in [2.05, 4.69) is 11.4 Å². The molecule has 3 nitrogen and oxygen atoms in total. The van der Waals surface area contributed by atoms with Gasteiger partial charge >= 0.3 is 5.97 Å². The fraction of sp³-hybridized carbons (Fsp3) is 0.250. The van der Waals surface area contributed by atoms with Gasteiger partial charge in [0.2, 0.25) is 0 Å². The highest BCUT2D eigenvalue weighted by Crippen LogP contribution is 2.24. The zero-order chi connectivity index (χ0) is 10.7. The highest BCUT2D eigenvalue weighted by Gasteiger charge is 2.20. The van der Waals surface area contributed by atoms with Crippen LogP contribution in [0.1, 0.15) is 17.0 Å². The maximum atomic E-state index is 10.4. The summed E-state index contributed by atoms with van der Waals surface area (Å²) in [4.78, 5) is 10.4. The van der Waals surface area contributed by atoms with Crippen LogP contribution in [0.3, 0.4) is 0 Å². The highest BCUT2D eigenvalue weighted by molar-refractivity contribution is 5.85. The van der Waals surface area contributed by atoms with Gasteiger partial charge in [-0.15, -0.1) is 0 Å². The van der Waals surface area contributed by atoms with Crippen LogP contribution in [0.5, 0.6) is 0 Å². The van der Waals surface area contributed by atoms with E-state index >= 15 is 0 Å². The van der Waals surface area contributed by atoms with Crippen molar-refractivity contribution in [2.45, 2.75) is 5.92 Å². The molecule has 15 heavy (non-hydrogen) atoms. The average molecular weight is 203 g/mol. The molecule has 1 aliphatic rings. The van der Waals surface area contributed by atoms with E-state index in [1.807, 2.05) is 18.2 Å². The molecule has 0 saturated carbocycles. The first-order valence-electron chi connectivity index (χ1n) is 4.98. The van der Waals surface area contributed by atoms with Gasteiger partial charge in [-0.1, -0.05) is 24.3 Å². The van der Waals surface area contributed by atoms with E-state index in [0.29, 0.717) is 5.92 Å². The lowest BCUT2D eigenvalue weighted by atomic mass is 9.90. The minimum Gasteiger partial charge on any atom is -0.478 e. The van der Waals surface area contributed by atoms with E-state index in [9.17, 15) is 4.79 Å². The fourth-order valence-electron chi connectivity index (χ4n) is 1.70. The van der Waals surface area contributed by atoms with Crippen molar-refractivity contribution in [3.63, 3.8) is 0 Å². The Morgan fingerprint density at radius 3 is 2.73 bits per heavy atom. The van der Waals surface area contributed by atoms with Gasteiger partial charge in [-0.25, -0.2) is 4.79 Å². The van der Waals surface area contributed by atoms with Crippen LogP contribution in [0.25, 0.3) is 6.08 Å². The number of hydrogen-bond donors (Lipinski definition) is 2. The van der Waals surface area contributed by atoms with Crippen LogP contribution in [0, 0.1) is 0 Å². The van der Waals surface area contributed by atoms with Crippen molar-refractivity contribution in [2.24, 2.45) is 0 Å². The lowest BCUT2D eigenvalue weighted by molar-refractivity contribution is -0.131. The number of benzene rings is 1. The van der Waals surface area contributed by atoms with Crippen LogP contribution in [-0.2, 0) is 4.79 Å². The van der Waals surface area contributed by atoms with Gasteiger partial charge < -0.3 is 10.4 Å². The third kappa shape index (κ3) is 2.25. The Morgan fingerprint density at radius 2 is 2.13 bits per heavy atom. The second kappa shape index (κ2) is 4.28. The maximum Gasteiger partial charge on any atom is 0.328 e. The van der Waals surface area contributed by atoms with Crippen LogP contribution < -0.4 is 5.32 Å². The van der Waals surface area contributed by atoms with Crippen molar-refractivity contribution in [3.05, 3.63) is 41.5 Å². The van der Waals surface area contributed by atoms with E-state index < -0.39 is 5.97 Å². The number of carboxylic acids is 1. The molecule has 0 unspecified atom stereocenters. The Balaban J connectivity index is 2.25. The second-order valence-corrected chi connectivity index (χ2v) is 3.66. The minimum atomic E-state index is -0.906. The van der Waals surface area contributed by atoms with Crippen LogP contribution in [0.2, 0.25) is 0 Å². The maximum absolute atomic E-state index is 10.4. The average Bonchev–Trinajstić information content (AvgIpc) is 2.14. The molecule has 0 radical (unpaired) electrons. The summed E-state index contributed by atoms with van der Waals surface area (Å²) in [5.41, 5.74) is 2.24. The molecular formula is C12H13NO2. The van der Waals surface area contributed by atoms with Gasteiger partial charge in [0, 0.05) is 25.1 Å². The third-order valence-electron chi connectivity index (χ3n) is 2.62.